The maximum atomic E-state index is 5.96. The van der Waals surface area contributed by atoms with Gasteiger partial charge in [-0.05, 0) is 28.1 Å². The SMILES string of the molecule is ClCC1CSCCN1c1ccc(Br)cn1. The summed E-state index contributed by atoms with van der Waals surface area (Å²) < 4.78 is 1.01. The monoisotopic (exact) mass is 306 g/mol. The van der Waals surface area contributed by atoms with E-state index in [1.807, 2.05) is 30.1 Å². The van der Waals surface area contributed by atoms with Crippen LogP contribution in [0, 0.1) is 0 Å². The van der Waals surface area contributed by atoms with E-state index in [1.165, 1.54) is 0 Å². The topological polar surface area (TPSA) is 16.1 Å². The molecule has 1 fully saturated rings. The van der Waals surface area contributed by atoms with Crippen molar-refractivity contribution in [1.29, 1.82) is 0 Å². The zero-order valence-corrected chi connectivity index (χ0v) is 11.4. The molecule has 2 nitrogen and oxygen atoms in total. The normalized spacial score (nSPS) is 21.7. The number of alkyl halides is 1. The first kappa shape index (κ1) is 11.6. The quantitative estimate of drug-likeness (QED) is 0.782. The number of pyridine rings is 1. The first-order chi connectivity index (χ1) is 7.31. The van der Waals surface area contributed by atoms with Crippen LogP contribution in [0.15, 0.2) is 22.8 Å². The Bertz CT molecular complexity index is 320. The summed E-state index contributed by atoms with van der Waals surface area (Å²) in [7, 11) is 0. The zero-order valence-electron chi connectivity index (χ0n) is 8.20. The highest BCUT2D eigenvalue weighted by atomic mass is 79.9. The van der Waals surface area contributed by atoms with Gasteiger partial charge in [-0.25, -0.2) is 4.98 Å². The Kier molecular flexibility index (Phi) is 4.17. The van der Waals surface area contributed by atoms with E-state index in [1.54, 1.807) is 0 Å². The van der Waals surface area contributed by atoms with Gasteiger partial charge in [-0.3, -0.25) is 0 Å². The fourth-order valence-corrected chi connectivity index (χ4v) is 3.32. The van der Waals surface area contributed by atoms with Crippen molar-refractivity contribution in [3.63, 3.8) is 0 Å². The summed E-state index contributed by atoms with van der Waals surface area (Å²) in [6.45, 7) is 1.04. The number of nitrogens with zero attached hydrogens (tertiary/aromatic N) is 2. The van der Waals surface area contributed by atoms with E-state index in [-0.39, 0.29) is 0 Å². The van der Waals surface area contributed by atoms with Crippen LogP contribution in [0.4, 0.5) is 5.82 Å². The molecule has 82 valence electrons. The molecule has 0 spiro atoms. The summed E-state index contributed by atoms with van der Waals surface area (Å²) in [4.78, 5) is 6.71. The van der Waals surface area contributed by atoms with Gasteiger partial charge in [-0.1, -0.05) is 0 Å². The molecule has 0 radical (unpaired) electrons. The number of thioether (sulfide) groups is 1. The molecule has 2 heterocycles. The second kappa shape index (κ2) is 5.41. The van der Waals surface area contributed by atoms with E-state index in [0.29, 0.717) is 11.9 Å². The predicted octanol–water partition coefficient (Wildman–Crippen LogP) is 3.00. The van der Waals surface area contributed by atoms with Crippen LogP contribution in [0.25, 0.3) is 0 Å². The Morgan fingerprint density at radius 2 is 2.47 bits per heavy atom. The molecule has 1 aromatic rings. The number of halogens is 2. The molecule has 0 amide bonds. The lowest BCUT2D eigenvalue weighted by Gasteiger charge is -2.35. The number of hydrogen-bond acceptors (Lipinski definition) is 3. The lowest BCUT2D eigenvalue weighted by atomic mass is 10.3. The molecule has 0 bridgehead atoms. The molecule has 2 rings (SSSR count). The first-order valence-electron chi connectivity index (χ1n) is 4.83. The van der Waals surface area contributed by atoms with Crippen molar-refractivity contribution in [2.75, 3.05) is 28.8 Å². The second-order valence-electron chi connectivity index (χ2n) is 3.41. The molecule has 1 saturated heterocycles. The average molecular weight is 308 g/mol. The van der Waals surface area contributed by atoms with Gasteiger partial charge >= 0.3 is 0 Å². The van der Waals surface area contributed by atoms with Crippen LogP contribution in [0.3, 0.4) is 0 Å². The number of anilines is 1. The van der Waals surface area contributed by atoms with Gasteiger partial charge in [0.25, 0.3) is 0 Å². The van der Waals surface area contributed by atoms with E-state index in [9.17, 15) is 0 Å². The van der Waals surface area contributed by atoms with E-state index in [0.717, 1.165) is 28.3 Å². The number of hydrogen-bond donors (Lipinski definition) is 0. The van der Waals surface area contributed by atoms with Crippen molar-refractivity contribution >= 4 is 45.1 Å². The number of rotatable bonds is 2. The third-order valence-corrected chi connectivity index (χ3v) is 4.33. The minimum atomic E-state index is 0.416. The standard InChI is InChI=1S/C10H12BrClN2S/c11-8-1-2-10(13-6-8)14-3-4-15-7-9(14)5-12/h1-2,6,9H,3-5,7H2. The molecule has 15 heavy (non-hydrogen) atoms. The predicted molar refractivity (Wildman–Crippen MR) is 71.1 cm³/mol. The summed E-state index contributed by atoms with van der Waals surface area (Å²) in [5.41, 5.74) is 0. The largest absolute Gasteiger partial charge is 0.351 e. The highest BCUT2D eigenvalue weighted by Crippen LogP contribution is 2.23. The van der Waals surface area contributed by atoms with Crippen LogP contribution in [-0.4, -0.2) is 35.0 Å². The molecule has 0 saturated carbocycles. The van der Waals surface area contributed by atoms with Crippen LogP contribution in [0.5, 0.6) is 0 Å². The van der Waals surface area contributed by atoms with Gasteiger partial charge in [-0.15, -0.1) is 11.6 Å². The summed E-state index contributed by atoms with van der Waals surface area (Å²) in [6, 6.07) is 4.48. The maximum absolute atomic E-state index is 5.96. The molecule has 5 heteroatoms. The fourth-order valence-electron chi connectivity index (χ4n) is 1.62. The summed E-state index contributed by atoms with van der Waals surface area (Å²) in [5.74, 6) is 3.96. The molecule has 1 aliphatic rings. The lowest BCUT2D eigenvalue weighted by molar-refractivity contribution is 0.695. The van der Waals surface area contributed by atoms with Crippen molar-refractivity contribution in [3.05, 3.63) is 22.8 Å². The van der Waals surface area contributed by atoms with Crippen LogP contribution in [0.2, 0.25) is 0 Å². The smallest absolute Gasteiger partial charge is 0.128 e. The minimum absolute atomic E-state index is 0.416. The van der Waals surface area contributed by atoms with Gasteiger partial charge in [0.1, 0.15) is 5.82 Å². The van der Waals surface area contributed by atoms with Crippen molar-refractivity contribution in [2.45, 2.75) is 6.04 Å². The van der Waals surface area contributed by atoms with Crippen LogP contribution >= 0.6 is 39.3 Å². The maximum Gasteiger partial charge on any atom is 0.128 e. The minimum Gasteiger partial charge on any atom is -0.351 e. The van der Waals surface area contributed by atoms with Crippen molar-refractivity contribution < 1.29 is 0 Å². The van der Waals surface area contributed by atoms with E-state index in [4.69, 9.17) is 11.6 Å². The highest BCUT2D eigenvalue weighted by Gasteiger charge is 2.22. The highest BCUT2D eigenvalue weighted by molar-refractivity contribution is 9.10. The van der Waals surface area contributed by atoms with Crippen LogP contribution < -0.4 is 4.90 Å². The zero-order chi connectivity index (χ0) is 10.7. The molecular formula is C10H12BrClN2S. The Morgan fingerprint density at radius 1 is 1.60 bits per heavy atom. The van der Waals surface area contributed by atoms with Gasteiger partial charge in [0.2, 0.25) is 0 Å². The molecule has 1 unspecified atom stereocenters. The van der Waals surface area contributed by atoms with Crippen molar-refractivity contribution in [1.82, 2.24) is 4.98 Å². The van der Waals surface area contributed by atoms with Crippen molar-refractivity contribution in [3.8, 4) is 0 Å². The van der Waals surface area contributed by atoms with Crippen molar-refractivity contribution in [2.24, 2.45) is 0 Å². The molecular weight excluding hydrogens is 296 g/mol. The second-order valence-corrected chi connectivity index (χ2v) is 5.79. The summed E-state index contributed by atoms with van der Waals surface area (Å²) >= 11 is 11.3. The van der Waals surface area contributed by atoms with Gasteiger partial charge in [0, 0.05) is 34.6 Å². The third-order valence-electron chi connectivity index (χ3n) is 2.41. The molecule has 0 aliphatic carbocycles. The van der Waals surface area contributed by atoms with E-state index < -0.39 is 0 Å². The first-order valence-corrected chi connectivity index (χ1v) is 7.31. The van der Waals surface area contributed by atoms with Gasteiger partial charge in [-0.2, -0.15) is 11.8 Å². The molecule has 1 aromatic heterocycles. The van der Waals surface area contributed by atoms with Gasteiger partial charge in [0.15, 0.2) is 0 Å². The third kappa shape index (κ3) is 2.80. The van der Waals surface area contributed by atoms with E-state index >= 15 is 0 Å². The van der Waals surface area contributed by atoms with Gasteiger partial charge in [0.05, 0.1) is 6.04 Å². The lowest BCUT2D eigenvalue weighted by Crippen LogP contribution is -2.44. The van der Waals surface area contributed by atoms with Gasteiger partial charge < -0.3 is 4.90 Å². The Morgan fingerprint density at radius 3 is 3.13 bits per heavy atom. The molecule has 1 atom stereocenters. The van der Waals surface area contributed by atoms with E-state index in [2.05, 4.69) is 25.8 Å². The summed E-state index contributed by atoms with van der Waals surface area (Å²) in [5, 5.41) is 0. The Labute approximate surface area is 108 Å². The average Bonchev–Trinajstić information content (AvgIpc) is 2.30. The Balaban J connectivity index is 2.16. The summed E-state index contributed by atoms with van der Waals surface area (Å²) in [6.07, 6.45) is 1.84. The number of aromatic nitrogens is 1. The molecule has 1 aliphatic heterocycles. The van der Waals surface area contributed by atoms with Crippen LogP contribution in [0.1, 0.15) is 0 Å². The Hall–Kier alpha value is 0.0700. The molecule has 0 aromatic carbocycles. The fraction of sp³-hybridized carbons (Fsp3) is 0.500. The molecule has 0 N–H and O–H groups in total. The van der Waals surface area contributed by atoms with Crippen LogP contribution in [-0.2, 0) is 0 Å².